The SMILES string of the molecule is CCC(C)C(N)c1cc(Br)cc(Br)c1. The van der Waals surface area contributed by atoms with Gasteiger partial charge >= 0.3 is 0 Å². The first kappa shape index (κ1) is 12.2. The largest absolute Gasteiger partial charge is 0.324 e. The Morgan fingerprint density at radius 2 is 1.71 bits per heavy atom. The Morgan fingerprint density at radius 3 is 2.14 bits per heavy atom. The van der Waals surface area contributed by atoms with E-state index in [4.69, 9.17) is 5.73 Å². The van der Waals surface area contributed by atoms with Gasteiger partial charge in [-0.15, -0.1) is 0 Å². The van der Waals surface area contributed by atoms with Crippen molar-refractivity contribution in [2.75, 3.05) is 0 Å². The van der Waals surface area contributed by atoms with E-state index >= 15 is 0 Å². The molecular weight excluding hydrogens is 306 g/mol. The Balaban J connectivity index is 2.94. The van der Waals surface area contributed by atoms with Crippen molar-refractivity contribution in [1.82, 2.24) is 0 Å². The molecule has 0 aliphatic heterocycles. The van der Waals surface area contributed by atoms with Gasteiger partial charge in [0, 0.05) is 15.0 Å². The van der Waals surface area contributed by atoms with Gasteiger partial charge < -0.3 is 5.73 Å². The highest BCUT2D eigenvalue weighted by Crippen LogP contribution is 2.27. The van der Waals surface area contributed by atoms with E-state index in [1.165, 1.54) is 5.56 Å². The third-order valence-corrected chi connectivity index (χ3v) is 3.44. The van der Waals surface area contributed by atoms with Gasteiger partial charge in [0.25, 0.3) is 0 Å². The van der Waals surface area contributed by atoms with Crippen molar-refractivity contribution < 1.29 is 0 Å². The zero-order chi connectivity index (χ0) is 10.7. The predicted molar refractivity (Wildman–Crippen MR) is 68.2 cm³/mol. The molecule has 0 spiro atoms. The van der Waals surface area contributed by atoms with Gasteiger partial charge in [-0.25, -0.2) is 0 Å². The summed E-state index contributed by atoms with van der Waals surface area (Å²) in [6, 6.07) is 6.31. The van der Waals surface area contributed by atoms with Crippen LogP contribution in [0, 0.1) is 5.92 Å². The van der Waals surface area contributed by atoms with E-state index in [2.05, 4.69) is 57.8 Å². The maximum Gasteiger partial charge on any atom is 0.0321 e. The lowest BCUT2D eigenvalue weighted by Gasteiger charge is -2.19. The van der Waals surface area contributed by atoms with Crippen molar-refractivity contribution in [3.05, 3.63) is 32.7 Å². The average molecular weight is 321 g/mol. The minimum Gasteiger partial charge on any atom is -0.324 e. The van der Waals surface area contributed by atoms with Crippen molar-refractivity contribution >= 4 is 31.9 Å². The molecule has 2 unspecified atom stereocenters. The Labute approximate surface area is 102 Å². The van der Waals surface area contributed by atoms with Crippen molar-refractivity contribution in [3.63, 3.8) is 0 Å². The summed E-state index contributed by atoms with van der Waals surface area (Å²) in [6.45, 7) is 4.34. The third kappa shape index (κ3) is 3.07. The van der Waals surface area contributed by atoms with E-state index in [1.54, 1.807) is 0 Å². The molecule has 1 aromatic carbocycles. The molecule has 0 fully saturated rings. The third-order valence-electron chi connectivity index (χ3n) is 2.53. The molecule has 2 atom stereocenters. The lowest BCUT2D eigenvalue weighted by atomic mass is 9.93. The molecule has 14 heavy (non-hydrogen) atoms. The van der Waals surface area contributed by atoms with Crippen LogP contribution in [0.4, 0.5) is 0 Å². The highest BCUT2D eigenvalue weighted by atomic mass is 79.9. The molecule has 0 radical (unpaired) electrons. The monoisotopic (exact) mass is 319 g/mol. The standard InChI is InChI=1S/C11H15Br2N/c1-3-7(2)11(14)8-4-9(12)6-10(13)5-8/h4-7,11H,3,14H2,1-2H3. The zero-order valence-corrected chi connectivity index (χ0v) is 11.6. The predicted octanol–water partition coefficient (Wildman–Crippen LogP) is 4.26. The minimum atomic E-state index is 0.119. The molecule has 0 aliphatic rings. The molecule has 0 amide bonds. The van der Waals surface area contributed by atoms with E-state index < -0.39 is 0 Å². The topological polar surface area (TPSA) is 26.0 Å². The molecule has 0 saturated carbocycles. The molecule has 0 aliphatic carbocycles. The molecule has 0 heterocycles. The van der Waals surface area contributed by atoms with Crippen LogP contribution in [0.15, 0.2) is 27.1 Å². The van der Waals surface area contributed by atoms with Crippen molar-refractivity contribution in [1.29, 1.82) is 0 Å². The van der Waals surface area contributed by atoms with Gasteiger partial charge in [0.2, 0.25) is 0 Å². The molecule has 0 saturated heterocycles. The summed E-state index contributed by atoms with van der Waals surface area (Å²) < 4.78 is 2.14. The van der Waals surface area contributed by atoms with Crippen LogP contribution >= 0.6 is 31.9 Å². The normalized spacial score (nSPS) is 15.2. The quantitative estimate of drug-likeness (QED) is 0.884. The second-order valence-corrected chi connectivity index (χ2v) is 5.45. The lowest BCUT2D eigenvalue weighted by molar-refractivity contribution is 0.456. The van der Waals surface area contributed by atoms with Gasteiger partial charge in [0.05, 0.1) is 0 Å². The van der Waals surface area contributed by atoms with E-state index in [0.29, 0.717) is 5.92 Å². The molecule has 3 heteroatoms. The fourth-order valence-corrected chi connectivity index (χ4v) is 2.68. The van der Waals surface area contributed by atoms with Crippen LogP contribution in [0.1, 0.15) is 31.9 Å². The van der Waals surface area contributed by atoms with E-state index in [0.717, 1.165) is 15.4 Å². The number of rotatable bonds is 3. The van der Waals surface area contributed by atoms with Crippen LogP contribution in [-0.2, 0) is 0 Å². The Hall–Kier alpha value is 0.140. The van der Waals surface area contributed by atoms with Crippen LogP contribution in [0.3, 0.4) is 0 Å². The van der Waals surface area contributed by atoms with E-state index in [-0.39, 0.29) is 6.04 Å². The van der Waals surface area contributed by atoms with Gasteiger partial charge in [-0.2, -0.15) is 0 Å². The van der Waals surface area contributed by atoms with Gasteiger partial charge in [-0.3, -0.25) is 0 Å². The highest BCUT2D eigenvalue weighted by molar-refractivity contribution is 9.11. The number of nitrogens with two attached hydrogens (primary N) is 1. The number of halogens is 2. The highest BCUT2D eigenvalue weighted by Gasteiger charge is 2.13. The summed E-state index contributed by atoms with van der Waals surface area (Å²) in [5, 5.41) is 0. The zero-order valence-electron chi connectivity index (χ0n) is 8.43. The summed E-state index contributed by atoms with van der Waals surface area (Å²) in [7, 11) is 0. The van der Waals surface area contributed by atoms with Crippen molar-refractivity contribution in [2.24, 2.45) is 11.7 Å². The van der Waals surface area contributed by atoms with Crippen molar-refractivity contribution in [2.45, 2.75) is 26.3 Å². The number of benzene rings is 1. The van der Waals surface area contributed by atoms with Gasteiger partial charge in [-0.05, 0) is 29.7 Å². The molecule has 0 bridgehead atoms. The summed E-state index contributed by atoms with van der Waals surface area (Å²) in [5.41, 5.74) is 7.33. The number of hydrogen-bond acceptors (Lipinski definition) is 1. The van der Waals surface area contributed by atoms with E-state index in [1.807, 2.05) is 6.07 Å². The fourth-order valence-electron chi connectivity index (χ4n) is 1.35. The fraction of sp³-hybridized carbons (Fsp3) is 0.455. The summed E-state index contributed by atoms with van der Waals surface area (Å²) in [5.74, 6) is 0.510. The van der Waals surface area contributed by atoms with Crippen molar-refractivity contribution in [3.8, 4) is 0 Å². The maximum absolute atomic E-state index is 6.15. The molecular formula is C11H15Br2N. The molecule has 2 N–H and O–H groups in total. The van der Waals surface area contributed by atoms with Crippen LogP contribution in [0.5, 0.6) is 0 Å². The minimum absolute atomic E-state index is 0.119. The van der Waals surface area contributed by atoms with Crippen LogP contribution < -0.4 is 5.73 Å². The molecule has 1 nitrogen and oxygen atoms in total. The first-order valence-electron chi connectivity index (χ1n) is 4.76. The second kappa shape index (κ2) is 5.29. The van der Waals surface area contributed by atoms with Crippen LogP contribution in [0.25, 0.3) is 0 Å². The van der Waals surface area contributed by atoms with Gasteiger partial charge in [0.1, 0.15) is 0 Å². The average Bonchev–Trinajstić information content (AvgIpc) is 2.14. The molecule has 78 valence electrons. The van der Waals surface area contributed by atoms with Gasteiger partial charge in [-0.1, -0.05) is 52.1 Å². The molecule has 0 aromatic heterocycles. The second-order valence-electron chi connectivity index (χ2n) is 3.61. The smallest absolute Gasteiger partial charge is 0.0321 e. The Kier molecular flexibility index (Phi) is 4.61. The maximum atomic E-state index is 6.15. The first-order chi connectivity index (χ1) is 6.54. The molecule has 1 aromatic rings. The van der Waals surface area contributed by atoms with E-state index in [9.17, 15) is 0 Å². The first-order valence-corrected chi connectivity index (χ1v) is 6.34. The molecule has 1 rings (SSSR count). The summed E-state index contributed by atoms with van der Waals surface area (Å²) in [6.07, 6.45) is 1.10. The van der Waals surface area contributed by atoms with Crippen LogP contribution in [0.2, 0.25) is 0 Å². The Morgan fingerprint density at radius 1 is 1.21 bits per heavy atom. The summed E-state index contributed by atoms with van der Waals surface area (Å²) >= 11 is 6.93. The van der Waals surface area contributed by atoms with Gasteiger partial charge in [0.15, 0.2) is 0 Å². The van der Waals surface area contributed by atoms with Crippen LogP contribution in [-0.4, -0.2) is 0 Å². The number of hydrogen-bond donors (Lipinski definition) is 1. The summed E-state index contributed by atoms with van der Waals surface area (Å²) in [4.78, 5) is 0. The Bertz CT molecular complexity index is 292. The lowest BCUT2D eigenvalue weighted by Crippen LogP contribution is -2.18.